The first-order chi connectivity index (χ1) is 17.4. The molecule has 3 aromatic carbocycles. The molecule has 0 spiro atoms. The number of nitrogens with zero attached hydrogens (tertiary/aromatic N) is 2. The van der Waals surface area contributed by atoms with Gasteiger partial charge in [0, 0.05) is 39.8 Å². The van der Waals surface area contributed by atoms with Crippen LogP contribution in [0.3, 0.4) is 0 Å². The van der Waals surface area contributed by atoms with Crippen LogP contribution >= 0.6 is 27.3 Å². The van der Waals surface area contributed by atoms with Gasteiger partial charge in [0.25, 0.3) is 17.7 Å². The van der Waals surface area contributed by atoms with Gasteiger partial charge < -0.3 is 10.6 Å². The number of hydrogen-bond acceptors (Lipinski definition) is 6. The number of amides is 3. The Morgan fingerprint density at radius 3 is 2.31 bits per heavy atom. The molecule has 0 saturated carbocycles. The molecule has 0 aliphatic carbocycles. The van der Waals surface area contributed by atoms with Crippen molar-refractivity contribution in [2.45, 2.75) is 13.3 Å². The minimum Gasteiger partial charge on any atom is -0.352 e. The average Bonchev–Trinajstić information content (AvgIpc) is 3.32. The van der Waals surface area contributed by atoms with Crippen LogP contribution < -0.4 is 16.0 Å². The standard InChI is InChI=1S/C26H22BrN5O3S/c1-16-10-11-19(15-21(16)29-24(34)17-6-3-2-4-7-17)25(35)30-26-32-31-22(36-26)12-13-28-23(33)18-8-5-9-20(27)14-18/h2-11,14-15H,12-13H2,1H3,(H,28,33)(H,29,34)(H,30,32,35). The molecule has 3 N–H and O–H groups in total. The fourth-order valence-corrected chi connectivity index (χ4v) is 4.40. The van der Waals surface area contributed by atoms with Crippen molar-refractivity contribution in [2.24, 2.45) is 0 Å². The fraction of sp³-hybridized carbons (Fsp3) is 0.115. The zero-order valence-electron chi connectivity index (χ0n) is 19.2. The molecule has 1 aromatic heterocycles. The van der Waals surface area contributed by atoms with Crippen LogP contribution in [-0.2, 0) is 6.42 Å². The molecule has 4 rings (SSSR count). The van der Waals surface area contributed by atoms with E-state index in [0.29, 0.717) is 45.5 Å². The maximum atomic E-state index is 12.8. The van der Waals surface area contributed by atoms with Gasteiger partial charge in [-0.1, -0.05) is 57.6 Å². The van der Waals surface area contributed by atoms with E-state index in [4.69, 9.17) is 0 Å². The van der Waals surface area contributed by atoms with E-state index in [9.17, 15) is 14.4 Å². The lowest BCUT2D eigenvalue weighted by atomic mass is 10.1. The number of aryl methyl sites for hydroxylation is 1. The highest BCUT2D eigenvalue weighted by Gasteiger charge is 2.14. The number of carbonyl (C=O) groups excluding carboxylic acids is 3. The average molecular weight is 564 g/mol. The van der Waals surface area contributed by atoms with Crippen molar-refractivity contribution in [2.75, 3.05) is 17.2 Å². The Kier molecular flexibility index (Phi) is 8.19. The number of hydrogen-bond donors (Lipinski definition) is 3. The van der Waals surface area contributed by atoms with Crippen LogP contribution in [0.5, 0.6) is 0 Å². The van der Waals surface area contributed by atoms with Crippen molar-refractivity contribution in [3.63, 3.8) is 0 Å². The van der Waals surface area contributed by atoms with Crippen molar-refractivity contribution < 1.29 is 14.4 Å². The molecular formula is C26H22BrN5O3S. The van der Waals surface area contributed by atoms with Crippen LogP contribution in [-0.4, -0.2) is 34.5 Å². The van der Waals surface area contributed by atoms with E-state index in [0.717, 1.165) is 10.0 Å². The number of benzene rings is 3. The Morgan fingerprint density at radius 2 is 1.53 bits per heavy atom. The third-order valence-corrected chi connectivity index (χ3v) is 6.57. The van der Waals surface area contributed by atoms with E-state index in [2.05, 4.69) is 42.1 Å². The summed E-state index contributed by atoms with van der Waals surface area (Å²) in [4.78, 5) is 37.5. The molecule has 0 aliphatic rings. The summed E-state index contributed by atoms with van der Waals surface area (Å²) in [5.74, 6) is -0.795. The predicted molar refractivity (Wildman–Crippen MR) is 144 cm³/mol. The van der Waals surface area contributed by atoms with Crippen molar-refractivity contribution in [1.29, 1.82) is 0 Å². The third kappa shape index (κ3) is 6.61. The molecular weight excluding hydrogens is 542 g/mol. The minimum atomic E-state index is -0.365. The van der Waals surface area contributed by atoms with E-state index in [1.54, 1.807) is 60.7 Å². The number of aromatic nitrogens is 2. The van der Waals surface area contributed by atoms with E-state index < -0.39 is 0 Å². The molecule has 182 valence electrons. The molecule has 0 aliphatic heterocycles. The zero-order chi connectivity index (χ0) is 25.5. The molecule has 3 amide bonds. The lowest BCUT2D eigenvalue weighted by Gasteiger charge is -2.10. The first kappa shape index (κ1) is 25.2. The first-order valence-corrected chi connectivity index (χ1v) is 12.6. The Labute approximate surface area is 220 Å². The molecule has 1 heterocycles. The molecule has 0 bridgehead atoms. The first-order valence-electron chi connectivity index (χ1n) is 11.0. The summed E-state index contributed by atoms with van der Waals surface area (Å²) in [6.45, 7) is 2.24. The smallest absolute Gasteiger partial charge is 0.257 e. The second kappa shape index (κ2) is 11.7. The van der Waals surface area contributed by atoms with E-state index in [-0.39, 0.29) is 17.7 Å². The summed E-state index contributed by atoms with van der Waals surface area (Å²) in [6.07, 6.45) is 0.480. The topological polar surface area (TPSA) is 113 Å². The maximum absolute atomic E-state index is 12.8. The van der Waals surface area contributed by atoms with Crippen LogP contribution in [0.25, 0.3) is 0 Å². The maximum Gasteiger partial charge on any atom is 0.257 e. The van der Waals surface area contributed by atoms with Gasteiger partial charge in [0.05, 0.1) is 0 Å². The Hall–Kier alpha value is -3.89. The molecule has 10 heteroatoms. The summed E-state index contributed by atoms with van der Waals surface area (Å²) >= 11 is 4.59. The molecule has 0 radical (unpaired) electrons. The van der Waals surface area contributed by atoms with Crippen LogP contribution in [0.1, 0.15) is 41.6 Å². The van der Waals surface area contributed by atoms with Gasteiger partial charge >= 0.3 is 0 Å². The van der Waals surface area contributed by atoms with Crippen LogP contribution in [0.2, 0.25) is 0 Å². The zero-order valence-corrected chi connectivity index (χ0v) is 21.7. The van der Waals surface area contributed by atoms with Crippen LogP contribution in [0.4, 0.5) is 10.8 Å². The van der Waals surface area contributed by atoms with Gasteiger partial charge in [-0.3, -0.25) is 19.7 Å². The Bertz CT molecular complexity index is 1410. The van der Waals surface area contributed by atoms with Crippen molar-refractivity contribution in [1.82, 2.24) is 15.5 Å². The lowest BCUT2D eigenvalue weighted by Crippen LogP contribution is -2.25. The molecule has 0 atom stereocenters. The Balaban J connectivity index is 1.33. The minimum absolute atomic E-state index is 0.177. The molecule has 0 fully saturated rings. The summed E-state index contributed by atoms with van der Waals surface area (Å²) in [5.41, 5.74) is 2.85. The van der Waals surface area contributed by atoms with Gasteiger partial charge in [-0.2, -0.15) is 0 Å². The molecule has 8 nitrogen and oxygen atoms in total. The molecule has 4 aromatic rings. The normalized spacial score (nSPS) is 10.5. The van der Waals surface area contributed by atoms with Crippen LogP contribution in [0.15, 0.2) is 77.3 Å². The quantitative estimate of drug-likeness (QED) is 0.276. The van der Waals surface area contributed by atoms with Gasteiger partial charge in [0.1, 0.15) is 5.01 Å². The van der Waals surface area contributed by atoms with E-state index >= 15 is 0 Å². The lowest BCUT2D eigenvalue weighted by molar-refractivity contribution is 0.0952. The van der Waals surface area contributed by atoms with Crippen molar-refractivity contribution >= 4 is 55.8 Å². The SMILES string of the molecule is Cc1ccc(C(=O)Nc2nnc(CCNC(=O)c3cccc(Br)c3)s2)cc1NC(=O)c1ccccc1. The molecule has 0 saturated heterocycles. The number of halogens is 1. The Morgan fingerprint density at radius 1 is 0.806 bits per heavy atom. The highest BCUT2D eigenvalue weighted by Crippen LogP contribution is 2.21. The molecule has 0 unspecified atom stereocenters. The highest BCUT2D eigenvalue weighted by molar-refractivity contribution is 9.10. The fourth-order valence-electron chi connectivity index (χ4n) is 3.27. The number of rotatable bonds is 8. The van der Waals surface area contributed by atoms with Crippen LogP contribution in [0, 0.1) is 6.92 Å². The van der Waals surface area contributed by atoms with Gasteiger partial charge in [-0.05, 0) is 55.0 Å². The second-order valence-corrected chi connectivity index (χ2v) is 9.80. The summed E-state index contributed by atoms with van der Waals surface area (Å²) in [7, 11) is 0. The van der Waals surface area contributed by atoms with Crippen molar-refractivity contribution in [3.8, 4) is 0 Å². The van der Waals surface area contributed by atoms with E-state index in [1.807, 2.05) is 19.1 Å². The van der Waals surface area contributed by atoms with Gasteiger partial charge in [-0.25, -0.2) is 0 Å². The monoisotopic (exact) mass is 563 g/mol. The summed E-state index contributed by atoms with van der Waals surface area (Å²) in [5, 5.41) is 17.6. The van der Waals surface area contributed by atoms with Crippen molar-refractivity contribution in [3.05, 3.63) is 105 Å². The predicted octanol–water partition coefficient (Wildman–Crippen LogP) is 5.09. The number of anilines is 2. The molecule has 36 heavy (non-hydrogen) atoms. The number of carbonyl (C=O) groups is 3. The van der Waals surface area contributed by atoms with Gasteiger partial charge in [-0.15, -0.1) is 10.2 Å². The number of nitrogens with one attached hydrogen (secondary N) is 3. The van der Waals surface area contributed by atoms with Gasteiger partial charge in [0.2, 0.25) is 5.13 Å². The highest BCUT2D eigenvalue weighted by atomic mass is 79.9. The largest absolute Gasteiger partial charge is 0.352 e. The summed E-state index contributed by atoms with van der Waals surface area (Å²) < 4.78 is 0.832. The van der Waals surface area contributed by atoms with Gasteiger partial charge in [0.15, 0.2) is 0 Å². The van der Waals surface area contributed by atoms with E-state index in [1.165, 1.54) is 11.3 Å². The third-order valence-electron chi connectivity index (χ3n) is 5.18. The summed E-state index contributed by atoms with van der Waals surface area (Å²) in [6, 6.07) is 21.1. The second-order valence-electron chi connectivity index (χ2n) is 7.82.